The van der Waals surface area contributed by atoms with Gasteiger partial charge in [0, 0.05) is 5.92 Å². The highest BCUT2D eigenvalue weighted by molar-refractivity contribution is 5.83. The first-order valence-electron chi connectivity index (χ1n) is 7.54. The fourth-order valence-electron chi connectivity index (χ4n) is 3.58. The molecule has 2 atom stereocenters. The first kappa shape index (κ1) is 14.3. The van der Waals surface area contributed by atoms with Gasteiger partial charge in [0.1, 0.15) is 5.78 Å². The van der Waals surface area contributed by atoms with Crippen LogP contribution in [0, 0.1) is 11.8 Å². The monoisotopic (exact) mass is 264 g/mol. The smallest absolute Gasteiger partial charge is 0.313 e. The number of hydrogen-bond acceptors (Lipinski definition) is 3. The molecule has 2 rings (SSSR count). The Kier molecular flexibility index (Phi) is 4.78. The Bertz CT molecular complexity index is 395. The van der Waals surface area contributed by atoms with E-state index in [0.717, 1.165) is 44.9 Å². The summed E-state index contributed by atoms with van der Waals surface area (Å²) in [6, 6.07) is 0. The van der Waals surface area contributed by atoms with Crippen LogP contribution in [0.3, 0.4) is 0 Å². The molecular weight excluding hydrogens is 240 g/mol. The molecule has 0 spiro atoms. The molecule has 0 saturated heterocycles. The molecule has 0 heterocycles. The quantitative estimate of drug-likeness (QED) is 0.579. The number of ether oxygens (including phenoxy) is 1. The second-order valence-corrected chi connectivity index (χ2v) is 5.66. The molecule has 2 aliphatic carbocycles. The summed E-state index contributed by atoms with van der Waals surface area (Å²) in [5.74, 6) is 0.167. The van der Waals surface area contributed by atoms with Crippen molar-refractivity contribution in [1.82, 2.24) is 0 Å². The van der Waals surface area contributed by atoms with Gasteiger partial charge in [-0.3, -0.25) is 9.59 Å². The van der Waals surface area contributed by atoms with Crippen molar-refractivity contribution in [2.45, 2.75) is 58.8 Å². The highest BCUT2D eigenvalue weighted by Gasteiger charge is 2.34. The van der Waals surface area contributed by atoms with Crippen molar-refractivity contribution in [3.8, 4) is 0 Å². The Morgan fingerprint density at radius 1 is 1.05 bits per heavy atom. The van der Waals surface area contributed by atoms with Crippen molar-refractivity contribution in [1.29, 1.82) is 0 Å². The van der Waals surface area contributed by atoms with E-state index in [0.29, 0.717) is 6.61 Å². The minimum atomic E-state index is -0.0876. The normalized spacial score (nSPS) is 31.3. The predicted molar refractivity (Wildman–Crippen MR) is 73.6 cm³/mol. The fraction of sp³-hybridized carbons (Fsp3) is 0.750. The highest BCUT2D eigenvalue weighted by atomic mass is 16.5. The number of carbonyl (C=O) groups excluding carboxylic acids is 2. The van der Waals surface area contributed by atoms with E-state index in [2.05, 4.69) is 0 Å². The third-order valence-corrected chi connectivity index (χ3v) is 4.44. The van der Waals surface area contributed by atoms with Gasteiger partial charge in [-0.05, 0) is 52.4 Å². The van der Waals surface area contributed by atoms with E-state index in [-0.39, 0.29) is 23.6 Å². The molecule has 0 aromatic heterocycles. The van der Waals surface area contributed by atoms with Crippen LogP contribution in [-0.4, -0.2) is 18.4 Å². The molecule has 2 unspecified atom stereocenters. The van der Waals surface area contributed by atoms with E-state index >= 15 is 0 Å². The van der Waals surface area contributed by atoms with Crippen LogP contribution in [0.2, 0.25) is 0 Å². The molecule has 0 radical (unpaired) electrons. The lowest BCUT2D eigenvalue weighted by molar-refractivity contribution is -0.146. The minimum absolute atomic E-state index is 0.0683. The van der Waals surface area contributed by atoms with Gasteiger partial charge in [0.15, 0.2) is 0 Å². The first-order chi connectivity index (χ1) is 9.15. The van der Waals surface area contributed by atoms with E-state index in [9.17, 15) is 9.59 Å². The topological polar surface area (TPSA) is 43.4 Å². The average molecular weight is 264 g/mol. The van der Waals surface area contributed by atoms with E-state index in [4.69, 9.17) is 4.74 Å². The van der Waals surface area contributed by atoms with Crippen molar-refractivity contribution in [2.75, 3.05) is 6.61 Å². The Hall–Kier alpha value is -1.12. The summed E-state index contributed by atoms with van der Waals surface area (Å²) in [6.45, 7) is 3.97. The SMILES string of the molecule is CCOC(=O)C1CCCC1=C1CCCCC1C(C)=O. The average Bonchev–Trinajstić information content (AvgIpc) is 2.88. The zero-order valence-corrected chi connectivity index (χ0v) is 12.0. The molecule has 0 N–H and O–H groups in total. The van der Waals surface area contributed by atoms with E-state index in [1.807, 2.05) is 6.92 Å². The summed E-state index contributed by atoms with van der Waals surface area (Å²) < 4.78 is 5.18. The standard InChI is InChI=1S/C16H24O3/c1-3-19-16(18)15-10-6-9-14(15)13-8-5-4-7-12(13)11(2)17/h12,15H,3-10H2,1-2H3. The van der Waals surface area contributed by atoms with Gasteiger partial charge in [-0.2, -0.15) is 0 Å². The molecule has 106 valence electrons. The minimum Gasteiger partial charge on any atom is -0.466 e. The molecule has 2 fully saturated rings. The highest BCUT2D eigenvalue weighted by Crippen LogP contribution is 2.41. The molecular formula is C16H24O3. The molecule has 0 bridgehead atoms. The summed E-state index contributed by atoms with van der Waals surface area (Å²) in [6.07, 6.45) is 7.15. The number of allylic oxidation sites excluding steroid dienone is 1. The van der Waals surface area contributed by atoms with Crippen LogP contribution in [0.1, 0.15) is 58.8 Å². The number of carbonyl (C=O) groups is 2. The van der Waals surface area contributed by atoms with Gasteiger partial charge in [0.2, 0.25) is 0 Å². The van der Waals surface area contributed by atoms with Crippen molar-refractivity contribution in [3.05, 3.63) is 11.1 Å². The first-order valence-corrected chi connectivity index (χ1v) is 7.54. The van der Waals surface area contributed by atoms with Crippen molar-refractivity contribution < 1.29 is 14.3 Å². The predicted octanol–water partition coefficient (Wildman–Crippen LogP) is 3.43. The summed E-state index contributed by atoms with van der Waals surface area (Å²) in [7, 11) is 0. The number of esters is 1. The largest absolute Gasteiger partial charge is 0.466 e. The van der Waals surface area contributed by atoms with E-state index in [1.165, 1.54) is 11.1 Å². The lowest BCUT2D eigenvalue weighted by atomic mass is 9.77. The van der Waals surface area contributed by atoms with Crippen molar-refractivity contribution in [3.63, 3.8) is 0 Å². The lowest BCUT2D eigenvalue weighted by Crippen LogP contribution is -2.23. The van der Waals surface area contributed by atoms with Crippen LogP contribution < -0.4 is 0 Å². The summed E-state index contributed by atoms with van der Waals surface area (Å²) >= 11 is 0. The summed E-state index contributed by atoms with van der Waals surface area (Å²) in [4.78, 5) is 23.9. The van der Waals surface area contributed by atoms with Crippen LogP contribution in [-0.2, 0) is 14.3 Å². The van der Waals surface area contributed by atoms with Crippen LogP contribution >= 0.6 is 0 Å². The van der Waals surface area contributed by atoms with Gasteiger partial charge < -0.3 is 4.74 Å². The van der Waals surface area contributed by atoms with Crippen molar-refractivity contribution >= 4 is 11.8 Å². The Morgan fingerprint density at radius 2 is 1.68 bits per heavy atom. The maximum Gasteiger partial charge on any atom is 0.313 e. The summed E-state index contributed by atoms with van der Waals surface area (Å²) in [5.41, 5.74) is 2.51. The van der Waals surface area contributed by atoms with E-state index < -0.39 is 0 Å². The lowest BCUT2D eigenvalue weighted by Gasteiger charge is -2.27. The van der Waals surface area contributed by atoms with E-state index in [1.54, 1.807) is 6.92 Å². The second kappa shape index (κ2) is 6.36. The molecule has 2 saturated carbocycles. The van der Waals surface area contributed by atoms with Crippen LogP contribution in [0.15, 0.2) is 11.1 Å². The maximum absolute atomic E-state index is 12.0. The molecule has 3 nitrogen and oxygen atoms in total. The Labute approximate surface area is 115 Å². The molecule has 0 aliphatic heterocycles. The molecule has 0 aromatic rings. The van der Waals surface area contributed by atoms with Gasteiger partial charge in [0.05, 0.1) is 12.5 Å². The number of Topliss-reactive ketones (excluding diaryl/α,β-unsaturated/α-hetero) is 1. The van der Waals surface area contributed by atoms with Crippen LogP contribution in [0.5, 0.6) is 0 Å². The molecule has 3 heteroatoms. The number of ketones is 1. The van der Waals surface area contributed by atoms with Crippen LogP contribution in [0.25, 0.3) is 0 Å². The van der Waals surface area contributed by atoms with Gasteiger partial charge >= 0.3 is 5.97 Å². The van der Waals surface area contributed by atoms with Crippen LogP contribution in [0.4, 0.5) is 0 Å². The van der Waals surface area contributed by atoms with Crippen molar-refractivity contribution in [2.24, 2.45) is 11.8 Å². The zero-order valence-electron chi connectivity index (χ0n) is 12.0. The number of hydrogen-bond donors (Lipinski definition) is 0. The van der Waals surface area contributed by atoms with Gasteiger partial charge in [0.25, 0.3) is 0 Å². The summed E-state index contributed by atoms with van der Waals surface area (Å²) in [5, 5.41) is 0. The molecule has 19 heavy (non-hydrogen) atoms. The van der Waals surface area contributed by atoms with Gasteiger partial charge in [-0.1, -0.05) is 17.6 Å². The second-order valence-electron chi connectivity index (χ2n) is 5.66. The Morgan fingerprint density at radius 3 is 2.37 bits per heavy atom. The molecule has 0 aromatic carbocycles. The maximum atomic E-state index is 12.0. The molecule has 0 amide bonds. The Balaban J connectivity index is 2.26. The third-order valence-electron chi connectivity index (χ3n) is 4.44. The van der Waals surface area contributed by atoms with Gasteiger partial charge in [-0.15, -0.1) is 0 Å². The zero-order chi connectivity index (χ0) is 13.8. The fourth-order valence-corrected chi connectivity index (χ4v) is 3.58. The molecule has 2 aliphatic rings. The number of rotatable bonds is 3. The van der Waals surface area contributed by atoms with Gasteiger partial charge in [-0.25, -0.2) is 0 Å². The third kappa shape index (κ3) is 3.07.